The highest BCUT2D eigenvalue weighted by molar-refractivity contribution is 7.09. The summed E-state index contributed by atoms with van der Waals surface area (Å²) >= 11 is 1.28. The molecule has 0 aliphatic carbocycles. The third-order valence-electron chi connectivity index (χ3n) is 3.16. The minimum Gasteiger partial charge on any atom is -0.476 e. The molecule has 1 unspecified atom stereocenters. The molecule has 0 radical (unpaired) electrons. The zero-order valence-electron chi connectivity index (χ0n) is 11.6. The van der Waals surface area contributed by atoms with Crippen molar-refractivity contribution in [3.63, 3.8) is 0 Å². The first kappa shape index (κ1) is 15.7. The Balaban J connectivity index is 1.61. The molecule has 1 fully saturated rings. The Morgan fingerprint density at radius 3 is 2.95 bits per heavy atom. The molecular weight excluding hydrogens is 294 g/mol. The Bertz CT molecular complexity index is 486. The molecule has 1 saturated heterocycles. The molecule has 1 aliphatic heterocycles. The number of rotatable bonds is 6. The predicted octanol–water partition coefficient (Wildman–Crippen LogP) is 1.25. The average Bonchev–Trinajstić information content (AvgIpc) is 2.95. The fourth-order valence-corrected chi connectivity index (χ4v) is 2.82. The van der Waals surface area contributed by atoms with Gasteiger partial charge in [-0.1, -0.05) is 0 Å². The average molecular weight is 313 g/mol. The highest BCUT2D eigenvalue weighted by atomic mass is 32.1. The standard InChI is InChI=1S/C13H19N3O4S/c17-12(18)10-8-21-11(16-10)4-5-14-13(19)15-7-9-3-1-2-6-20-9/h8-9H,1-7H2,(H,17,18)(H2,14,15,19). The van der Waals surface area contributed by atoms with Crippen LogP contribution < -0.4 is 10.6 Å². The molecule has 0 spiro atoms. The maximum absolute atomic E-state index is 11.6. The van der Waals surface area contributed by atoms with Gasteiger partial charge in [0.05, 0.1) is 11.1 Å². The van der Waals surface area contributed by atoms with Gasteiger partial charge in [-0.25, -0.2) is 14.6 Å². The minimum absolute atomic E-state index is 0.0499. The van der Waals surface area contributed by atoms with Gasteiger partial charge >= 0.3 is 12.0 Å². The smallest absolute Gasteiger partial charge is 0.355 e. The van der Waals surface area contributed by atoms with Gasteiger partial charge in [-0.15, -0.1) is 11.3 Å². The molecule has 0 saturated carbocycles. The van der Waals surface area contributed by atoms with Crippen molar-refractivity contribution in [3.8, 4) is 0 Å². The summed E-state index contributed by atoms with van der Waals surface area (Å²) in [6.07, 6.45) is 3.85. The van der Waals surface area contributed by atoms with Crippen LogP contribution in [-0.4, -0.2) is 47.9 Å². The molecule has 1 aromatic rings. The number of nitrogens with one attached hydrogen (secondary N) is 2. The Hall–Kier alpha value is -1.67. The van der Waals surface area contributed by atoms with Crippen LogP contribution in [-0.2, 0) is 11.2 Å². The first-order chi connectivity index (χ1) is 10.1. The van der Waals surface area contributed by atoms with Crippen molar-refractivity contribution in [2.24, 2.45) is 0 Å². The van der Waals surface area contributed by atoms with Crippen LogP contribution in [0.25, 0.3) is 0 Å². The Labute approximate surface area is 126 Å². The Morgan fingerprint density at radius 2 is 2.29 bits per heavy atom. The summed E-state index contributed by atoms with van der Waals surface area (Å²) < 4.78 is 5.52. The van der Waals surface area contributed by atoms with Crippen LogP contribution in [0.3, 0.4) is 0 Å². The van der Waals surface area contributed by atoms with Gasteiger partial charge in [0.1, 0.15) is 0 Å². The number of hydrogen-bond donors (Lipinski definition) is 3. The van der Waals surface area contributed by atoms with E-state index in [9.17, 15) is 9.59 Å². The third kappa shape index (κ3) is 5.31. The number of aromatic carboxylic acids is 1. The summed E-state index contributed by atoms with van der Waals surface area (Å²) in [5.41, 5.74) is 0.0499. The summed E-state index contributed by atoms with van der Waals surface area (Å²) in [6, 6.07) is -0.237. The molecule has 8 heteroatoms. The molecule has 1 atom stereocenters. The molecule has 1 aromatic heterocycles. The van der Waals surface area contributed by atoms with Crippen LogP contribution in [0, 0.1) is 0 Å². The van der Waals surface area contributed by atoms with Crippen molar-refractivity contribution in [1.29, 1.82) is 0 Å². The van der Waals surface area contributed by atoms with Gasteiger partial charge in [-0.2, -0.15) is 0 Å². The van der Waals surface area contributed by atoms with E-state index >= 15 is 0 Å². The highest BCUT2D eigenvalue weighted by Crippen LogP contribution is 2.11. The SMILES string of the molecule is O=C(NCCc1nc(C(=O)O)cs1)NCC1CCCCO1. The van der Waals surface area contributed by atoms with Crippen molar-refractivity contribution >= 4 is 23.3 Å². The number of carboxylic acid groups (broad SMARTS) is 1. The van der Waals surface area contributed by atoms with Crippen LogP contribution >= 0.6 is 11.3 Å². The van der Waals surface area contributed by atoms with Crippen LogP contribution in [0.4, 0.5) is 4.79 Å². The molecule has 2 amide bonds. The molecule has 7 nitrogen and oxygen atoms in total. The largest absolute Gasteiger partial charge is 0.476 e. The topological polar surface area (TPSA) is 101 Å². The Kier molecular flexibility index (Phi) is 5.94. The van der Waals surface area contributed by atoms with Crippen LogP contribution in [0.15, 0.2) is 5.38 Å². The number of carboxylic acids is 1. The number of urea groups is 1. The number of nitrogens with zero attached hydrogens (tertiary/aromatic N) is 1. The molecule has 2 heterocycles. The first-order valence-corrected chi connectivity index (χ1v) is 7.84. The van der Waals surface area contributed by atoms with Crippen molar-refractivity contribution in [3.05, 3.63) is 16.1 Å². The fourth-order valence-electron chi connectivity index (χ4n) is 2.04. The number of thiazole rings is 1. The molecule has 21 heavy (non-hydrogen) atoms. The second kappa shape index (κ2) is 7.94. The number of amides is 2. The fraction of sp³-hybridized carbons (Fsp3) is 0.615. The maximum atomic E-state index is 11.6. The number of carbonyl (C=O) groups excluding carboxylic acids is 1. The van der Waals surface area contributed by atoms with E-state index in [1.807, 2.05) is 0 Å². The van der Waals surface area contributed by atoms with Gasteiger partial charge in [-0.3, -0.25) is 0 Å². The lowest BCUT2D eigenvalue weighted by atomic mass is 10.1. The van der Waals surface area contributed by atoms with E-state index in [0.717, 1.165) is 25.9 Å². The number of hydrogen-bond acceptors (Lipinski definition) is 5. The van der Waals surface area contributed by atoms with E-state index in [-0.39, 0.29) is 17.8 Å². The normalized spacial score (nSPS) is 18.2. The van der Waals surface area contributed by atoms with Gasteiger partial charge in [0.2, 0.25) is 0 Å². The van der Waals surface area contributed by atoms with Gasteiger partial charge in [0, 0.05) is 31.5 Å². The monoisotopic (exact) mass is 313 g/mol. The first-order valence-electron chi connectivity index (χ1n) is 6.96. The molecule has 1 aliphatic rings. The van der Waals surface area contributed by atoms with Crippen molar-refractivity contribution in [2.75, 3.05) is 19.7 Å². The number of carbonyl (C=O) groups is 2. The molecule has 3 N–H and O–H groups in total. The third-order valence-corrected chi connectivity index (χ3v) is 4.07. The van der Waals surface area contributed by atoms with E-state index in [1.54, 1.807) is 0 Å². The van der Waals surface area contributed by atoms with E-state index in [2.05, 4.69) is 15.6 Å². The Morgan fingerprint density at radius 1 is 1.43 bits per heavy atom. The summed E-state index contributed by atoms with van der Waals surface area (Å²) in [5.74, 6) is -1.03. The lowest BCUT2D eigenvalue weighted by Crippen LogP contribution is -2.41. The minimum atomic E-state index is -1.03. The lowest BCUT2D eigenvalue weighted by Gasteiger charge is -2.22. The molecule has 2 rings (SSSR count). The van der Waals surface area contributed by atoms with Crippen molar-refractivity contribution < 1.29 is 19.4 Å². The van der Waals surface area contributed by atoms with Crippen LogP contribution in [0.1, 0.15) is 34.8 Å². The second-order valence-corrected chi connectivity index (χ2v) is 5.75. The quantitative estimate of drug-likeness (QED) is 0.734. The maximum Gasteiger partial charge on any atom is 0.355 e. The van der Waals surface area contributed by atoms with Crippen LogP contribution in [0.2, 0.25) is 0 Å². The number of ether oxygens (including phenoxy) is 1. The summed E-state index contributed by atoms with van der Waals surface area (Å²) in [5, 5.41) is 16.5. The zero-order chi connectivity index (χ0) is 15.1. The second-order valence-electron chi connectivity index (χ2n) is 4.81. The van der Waals surface area contributed by atoms with Crippen molar-refractivity contribution in [2.45, 2.75) is 31.8 Å². The molecule has 0 aromatic carbocycles. The summed E-state index contributed by atoms with van der Waals surface area (Å²) in [6.45, 7) is 1.71. The van der Waals surface area contributed by atoms with E-state index < -0.39 is 5.97 Å². The summed E-state index contributed by atoms with van der Waals surface area (Å²) in [7, 11) is 0. The van der Waals surface area contributed by atoms with Crippen molar-refractivity contribution in [1.82, 2.24) is 15.6 Å². The molecule has 0 bridgehead atoms. The lowest BCUT2D eigenvalue weighted by molar-refractivity contribution is 0.0185. The predicted molar refractivity (Wildman–Crippen MR) is 77.8 cm³/mol. The van der Waals surface area contributed by atoms with Crippen LogP contribution in [0.5, 0.6) is 0 Å². The van der Waals surface area contributed by atoms with E-state index in [1.165, 1.54) is 16.7 Å². The van der Waals surface area contributed by atoms with E-state index in [0.29, 0.717) is 24.5 Å². The van der Waals surface area contributed by atoms with Gasteiger partial charge < -0.3 is 20.5 Å². The van der Waals surface area contributed by atoms with Gasteiger partial charge in [0.15, 0.2) is 5.69 Å². The number of aromatic nitrogens is 1. The van der Waals surface area contributed by atoms with E-state index in [4.69, 9.17) is 9.84 Å². The van der Waals surface area contributed by atoms with Gasteiger partial charge in [-0.05, 0) is 19.3 Å². The van der Waals surface area contributed by atoms with Gasteiger partial charge in [0.25, 0.3) is 0 Å². The molecular formula is C13H19N3O4S. The zero-order valence-corrected chi connectivity index (χ0v) is 12.4. The summed E-state index contributed by atoms with van der Waals surface area (Å²) in [4.78, 5) is 26.2. The highest BCUT2D eigenvalue weighted by Gasteiger charge is 2.14. The molecule has 116 valence electrons.